The molecule has 112 valence electrons. The minimum absolute atomic E-state index is 0.0554. The Labute approximate surface area is 134 Å². The summed E-state index contributed by atoms with van der Waals surface area (Å²) in [6.07, 6.45) is 0.316. The summed E-state index contributed by atoms with van der Waals surface area (Å²) >= 11 is 11.9. The first-order valence-electron chi connectivity index (χ1n) is 6.58. The number of hydrogen-bond donors (Lipinski definition) is 1. The van der Waals surface area contributed by atoms with Crippen LogP contribution < -0.4 is 5.32 Å². The van der Waals surface area contributed by atoms with Gasteiger partial charge in [-0.1, -0.05) is 29.3 Å². The van der Waals surface area contributed by atoms with Crippen molar-refractivity contribution in [3.05, 3.63) is 50.8 Å². The van der Waals surface area contributed by atoms with Crippen LogP contribution in [0.4, 0.5) is 0 Å². The van der Waals surface area contributed by atoms with Crippen molar-refractivity contribution in [3.63, 3.8) is 0 Å². The van der Waals surface area contributed by atoms with E-state index in [0.717, 1.165) is 22.5 Å². The Hall–Kier alpha value is -1.52. The lowest BCUT2D eigenvalue weighted by molar-refractivity contribution is -0.120. The van der Waals surface area contributed by atoms with Crippen molar-refractivity contribution < 1.29 is 4.79 Å². The Bertz CT molecular complexity index is 680. The van der Waals surface area contributed by atoms with Crippen LogP contribution in [0.2, 0.25) is 10.0 Å². The number of hydrogen-bond acceptors (Lipinski definition) is 2. The molecule has 1 aromatic carbocycles. The molecule has 0 atom stereocenters. The van der Waals surface area contributed by atoms with Crippen molar-refractivity contribution in [1.29, 1.82) is 0 Å². The van der Waals surface area contributed by atoms with Crippen LogP contribution in [0.25, 0.3) is 0 Å². The average molecular weight is 326 g/mol. The minimum Gasteiger partial charge on any atom is -0.352 e. The van der Waals surface area contributed by atoms with Crippen LogP contribution in [0, 0.1) is 13.8 Å². The van der Waals surface area contributed by atoms with E-state index in [1.165, 1.54) is 0 Å². The normalized spacial score (nSPS) is 10.7. The number of carbonyl (C=O) groups is 1. The van der Waals surface area contributed by atoms with E-state index < -0.39 is 0 Å². The quantitative estimate of drug-likeness (QED) is 0.938. The van der Waals surface area contributed by atoms with Gasteiger partial charge in [0.25, 0.3) is 0 Å². The number of halogens is 2. The summed E-state index contributed by atoms with van der Waals surface area (Å²) in [5.74, 6) is -0.0554. The van der Waals surface area contributed by atoms with Crippen LogP contribution in [0.15, 0.2) is 18.2 Å². The van der Waals surface area contributed by atoms with Gasteiger partial charge in [0, 0.05) is 34.9 Å². The van der Waals surface area contributed by atoms with Crippen LogP contribution in [0.3, 0.4) is 0 Å². The highest BCUT2D eigenvalue weighted by atomic mass is 35.5. The molecule has 0 unspecified atom stereocenters. The zero-order chi connectivity index (χ0) is 15.6. The summed E-state index contributed by atoms with van der Waals surface area (Å²) in [4.78, 5) is 12.1. The molecule has 1 N–H and O–H groups in total. The number of amides is 1. The Morgan fingerprint density at radius 2 is 2.05 bits per heavy atom. The topological polar surface area (TPSA) is 46.9 Å². The molecule has 0 saturated carbocycles. The van der Waals surface area contributed by atoms with E-state index >= 15 is 0 Å². The maximum Gasteiger partial charge on any atom is 0.224 e. The Kier molecular flexibility index (Phi) is 4.91. The lowest BCUT2D eigenvalue weighted by Crippen LogP contribution is -2.25. The monoisotopic (exact) mass is 325 g/mol. The number of rotatable bonds is 4. The van der Waals surface area contributed by atoms with E-state index in [4.69, 9.17) is 23.2 Å². The van der Waals surface area contributed by atoms with E-state index in [2.05, 4.69) is 10.4 Å². The molecule has 0 saturated heterocycles. The largest absolute Gasteiger partial charge is 0.352 e. The second-order valence-electron chi connectivity index (χ2n) is 4.96. The third-order valence-corrected chi connectivity index (χ3v) is 4.07. The third-order valence-electron chi connectivity index (χ3n) is 3.49. The van der Waals surface area contributed by atoms with E-state index in [1.54, 1.807) is 16.8 Å². The Morgan fingerprint density at radius 1 is 1.33 bits per heavy atom. The second-order valence-corrected chi connectivity index (χ2v) is 5.81. The standard InChI is InChI=1S/C15H17Cl2N3O/c1-9-13(10(2)20(3)19-9)7-15(21)18-8-11-4-5-12(16)6-14(11)17/h4-6H,7-8H2,1-3H3,(H,18,21). The van der Waals surface area contributed by atoms with Crippen molar-refractivity contribution in [2.24, 2.45) is 7.05 Å². The molecule has 0 aliphatic rings. The molecule has 0 aliphatic heterocycles. The van der Waals surface area contributed by atoms with Gasteiger partial charge in [0.15, 0.2) is 0 Å². The van der Waals surface area contributed by atoms with Crippen molar-refractivity contribution in [2.75, 3.05) is 0 Å². The maximum absolute atomic E-state index is 12.1. The van der Waals surface area contributed by atoms with Gasteiger partial charge in [-0.05, 0) is 31.5 Å². The van der Waals surface area contributed by atoms with Crippen molar-refractivity contribution in [3.8, 4) is 0 Å². The number of nitrogens with one attached hydrogen (secondary N) is 1. The van der Waals surface area contributed by atoms with Crippen LogP contribution >= 0.6 is 23.2 Å². The Balaban J connectivity index is 1.99. The van der Waals surface area contributed by atoms with Gasteiger partial charge in [0.2, 0.25) is 5.91 Å². The molecule has 0 bridgehead atoms. The smallest absolute Gasteiger partial charge is 0.224 e. The van der Waals surface area contributed by atoms with E-state index in [1.807, 2.05) is 27.0 Å². The van der Waals surface area contributed by atoms with E-state index in [9.17, 15) is 4.79 Å². The van der Waals surface area contributed by atoms with Crippen LogP contribution in [-0.4, -0.2) is 15.7 Å². The minimum atomic E-state index is -0.0554. The van der Waals surface area contributed by atoms with E-state index in [-0.39, 0.29) is 5.91 Å². The van der Waals surface area contributed by atoms with Crippen molar-refractivity contribution >= 4 is 29.1 Å². The summed E-state index contributed by atoms with van der Waals surface area (Å²) < 4.78 is 1.79. The average Bonchev–Trinajstić information content (AvgIpc) is 2.64. The maximum atomic E-state index is 12.1. The molecule has 2 rings (SSSR count). The molecular formula is C15H17Cl2N3O. The summed E-state index contributed by atoms with van der Waals surface area (Å²) in [6, 6.07) is 5.23. The lowest BCUT2D eigenvalue weighted by atomic mass is 10.1. The summed E-state index contributed by atoms with van der Waals surface area (Å²) in [7, 11) is 1.87. The van der Waals surface area contributed by atoms with Gasteiger partial charge < -0.3 is 5.32 Å². The number of nitrogens with zero attached hydrogens (tertiary/aromatic N) is 2. The molecule has 0 radical (unpaired) electrons. The molecule has 21 heavy (non-hydrogen) atoms. The van der Waals surface area contributed by atoms with Crippen molar-refractivity contribution in [1.82, 2.24) is 15.1 Å². The lowest BCUT2D eigenvalue weighted by Gasteiger charge is -2.08. The zero-order valence-electron chi connectivity index (χ0n) is 12.2. The van der Waals surface area contributed by atoms with Crippen LogP contribution in [-0.2, 0) is 24.8 Å². The number of benzene rings is 1. The fourth-order valence-corrected chi connectivity index (χ4v) is 2.63. The fraction of sp³-hybridized carbons (Fsp3) is 0.333. The van der Waals surface area contributed by atoms with Gasteiger partial charge >= 0.3 is 0 Å². The molecule has 1 heterocycles. The number of aromatic nitrogens is 2. The SMILES string of the molecule is Cc1nn(C)c(C)c1CC(=O)NCc1ccc(Cl)cc1Cl. The van der Waals surface area contributed by atoms with Gasteiger partial charge in [-0.2, -0.15) is 5.10 Å². The molecule has 0 fully saturated rings. The molecule has 2 aromatic rings. The fourth-order valence-electron chi connectivity index (χ4n) is 2.16. The van der Waals surface area contributed by atoms with Crippen molar-refractivity contribution in [2.45, 2.75) is 26.8 Å². The predicted molar refractivity (Wildman–Crippen MR) is 84.7 cm³/mol. The number of carbonyl (C=O) groups excluding carboxylic acids is 1. The van der Waals surface area contributed by atoms with Gasteiger partial charge in [-0.3, -0.25) is 9.48 Å². The molecule has 1 aromatic heterocycles. The molecule has 6 heteroatoms. The van der Waals surface area contributed by atoms with Gasteiger partial charge in [0.1, 0.15) is 0 Å². The highest BCUT2D eigenvalue weighted by Gasteiger charge is 2.13. The zero-order valence-corrected chi connectivity index (χ0v) is 13.7. The summed E-state index contributed by atoms with van der Waals surface area (Å²) in [6.45, 7) is 4.25. The highest BCUT2D eigenvalue weighted by Crippen LogP contribution is 2.20. The first-order valence-corrected chi connectivity index (χ1v) is 7.33. The first kappa shape index (κ1) is 15.9. The predicted octanol–water partition coefficient (Wildman–Crippen LogP) is 3.20. The second kappa shape index (κ2) is 6.50. The molecule has 0 spiro atoms. The first-order chi connectivity index (χ1) is 9.88. The third kappa shape index (κ3) is 3.77. The molecule has 0 aliphatic carbocycles. The van der Waals surface area contributed by atoms with Crippen LogP contribution in [0.5, 0.6) is 0 Å². The van der Waals surface area contributed by atoms with E-state index in [0.29, 0.717) is 23.0 Å². The molecular weight excluding hydrogens is 309 g/mol. The Morgan fingerprint density at radius 3 is 2.62 bits per heavy atom. The van der Waals surface area contributed by atoms with Gasteiger partial charge in [0.05, 0.1) is 12.1 Å². The molecule has 4 nitrogen and oxygen atoms in total. The molecule has 1 amide bonds. The highest BCUT2D eigenvalue weighted by molar-refractivity contribution is 6.35. The van der Waals surface area contributed by atoms with Gasteiger partial charge in [-0.15, -0.1) is 0 Å². The summed E-state index contributed by atoms with van der Waals surface area (Å²) in [5, 5.41) is 8.31. The van der Waals surface area contributed by atoms with Gasteiger partial charge in [-0.25, -0.2) is 0 Å². The number of aryl methyl sites for hydroxylation is 2. The van der Waals surface area contributed by atoms with Crippen LogP contribution in [0.1, 0.15) is 22.5 Å². The summed E-state index contributed by atoms with van der Waals surface area (Å²) in [5.41, 5.74) is 3.70.